The third-order valence-electron chi connectivity index (χ3n) is 3.44. The summed E-state index contributed by atoms with van der Waals surface area (Å²) in [5.41, 5.74) is -0.436. The third kappa shape index (κ3) is 2.73. The first-order chi connectivity index (χ1) is 6.47. The van der Waals surface area contributed by atoms with Crippen molar-refractivity contribution in [1.82, 2.24) is 0 Å². The van der Waals surface area contributed by atoms with Crippen LogP contribution in [0.5, 0.6) is 0 Å². The number of aliphatic carboxylic acids is 1. The summed E-state index contributed by atoms with van der Waals surface area (Å²) < 4.78 is 0. The summed E-state index contributed by atoms with van der Waals surface area (Å²) in [6.45, 7) is 6.30. The number of carboxylic acids is 1. The van der Waals surface area contributed by atoms with Gasteiger partial charge in [-0.15, -0.1) is 0 Å². The SMILES string of the molecule is CC(C)CCCC(C)(C(=O)O)C1CC1. The van der Waals surface area contributed by atoms with Crippen LogP contribution in [0.25, 0.3) is 0 Å². The minimum Gasteiger partial charge on any atom is -0.481 e. The molecular weight excluding hydrogens is 176 g/mol. The molecule has 2 heteroatoms. The van der Waals surface area contributed by atoms with Crippen molar-refractivity contribution in [3.05, 3.63) is 0 Å². The van der Waals surface area contributed by atoms with Crippen LogP contribution in [0.1, 0.15) is 52.9 Å². The van der Waals surface area contributed by atoms with Gasteiger partial charge in [-0.05, 0) is 38.0 Å². The van der Waals surface area contributed by atoms with Gasteiger partial charge in [-0.1, -0.05) is 26.7 Å². The minimum atomic E-state index is -0.594. The van der Waals surface area contributed by atoms with Crippen molar-refractivity contribution < 1.29 is 9.90 Å². The summed E-state index contributed by atoms with van der Waals surface area (Å²) in [7, 11) is 0. The van der Waals surface area contributed by atoms with Gasteiger partial charge in [0.15, 0.2) is 0 Å². The monoisotopic (exact) mass is 198 g/mol. The van der Waals surface area contributed by atoms with E-state index in [2.05, 4.69) is 13.8 Å². The Hall–Kier alpha value is -0.530. The molecule has 0 aromatic heterocycles. The topological polar surface area (TPSA) is 37.3 Å². The fraction of sp³-hybridized carbons (Fsp3) is 0.917. The highest BCUT2D eigenvalue weighted by Gasteiger charge is 2.46. The molecule has 1 unspecified atom stereocenters. The molecule has 0 heterocycles. The summed E-state index contributed by atoms with van der Waals surface area (Å²) in [5.74, 6) is 0.545. The molecule has 1 fully saturated rings. The van der Waals surface area contributed by atoms with Gasteiger partial charge in [-0.2, -0.15) is 0 Å². The Kier molecular flexibility index (Phi) is 3.57. The maximum atomic E-state index is 11.2. The number of carbonyl (C=O) groups is 1. The highest BCUT2D eigenvalue weighted by molar-refractivity contribution is 5.75. The van der Waals surface area contributed by atoms with Crippen LogP contribution in [0.2, 0.25) is 0 Å². The quantitative estimate of drug-likeness (QED) is 0.711. The Balaban J connectivity index is 2.40. The van der Waals surface area contributed by atoms with Crippen molar-refractivity contribution >= 4 is 5.97 Å². The van der Waals surface area contributed by atoms with Crippen LogP contribution in [0.3, 0.4) is 0 Å². The van der Waals surface area contributed by atoms with E-state index in [1.807, 2.05) is 6.92 Å². The Morgan fingerprint density at radius 3 is 2.43 bits per heavy atom. The van der Waals surface area contributed by atoms with Crippen LogP contribution in [0.15, 0.2) is 0 Å². The molecule has 0 aliphatic heterocycles. The predicted octanol–water partition coefficient (Wildman–Crippen LogP) is 3.31. The van der Waals surface area contributed by atoms with Gasteiger partial charge in [0.05, 0.1) is 5.41 Å². The average molecular weight is 198 g/mol. The van der Waals surface area contributed by atoms with E-state index in [1.54, 1.807) is 0 Å². The highest BCUT2D eigenvalue weighted by atomic mass is 16.4. The number of hydrogen-bond acceptors (Lipinski definition) is 1. The van der Waals surface area contributed by atoms with E-state index in [4.69, 9.17) is 0 Å². The van der Waals surface area contributed by atoms with Crippen LogP contribution in [-0.4, -0.2) is 11.1 Å². The molecule has 1 aliphatic rings. The Morgan fingerprint density at radius 1 is 1.50 bits per heavy atom. The van der Waals surface area contributed by atoms with Gasteiger partial charge in [0, 0.05) is 0 Å². The second-order valence-electron chi connectivity index (χ2n) is 5.28. The molecule has 0 spiro atoms. The van der Waals surface area contributed by atoms with Gasteiger partial charge >= 0.3 is 5.97 Å². The lowest BCUT2D eigenvalue weighted by Crippen LogP contribution is -2.29. The number of hydrogen-bond donors (Lipinski definition) is 1. The third-order valence-corrected chi connectivity index (χ3v) is 3.44. The van der Waals surface area contributed by atoms with Crippen molar-refractivity contribution in [1.29, 1.82) is 0 Å². The van der Waals surface area contributed by atoms with E-state index in [1.165, 1.54) is 0 Å². The lowest BCUT2D eigenvalue weighted by Gasteiger charge is -2.24. The van der Waals surface area contributed by atoms with Crippen LogP contribution in [-0.2, 0) is 4.79 Å². The van der Waals surface area contributed by atoms with Gasteiger partial charge in [-0.3, -0.25) is 4.79 Å². The summed E-state index contributed by atoms with van der Waals surface area (Å²) in [6.07, 6.45) is 5.28. The smallest absolute Gasteiger partial charge is 0.309 e. The van der Waals surface area contributed by atoms with Crippen molar-refractivity contribution in [2.45, 2.75) is 52.9 Å². The normalized spacial score (nSPS) is 20.9. The molecule has 0 radical (unpaired) electrons. The second kappa shape index (κ2) is 4.33. The van der Waals surface area contributed by atoms with Crippen LogP contribution in [0.4, 0.5) is 0 Å². The molecule has 0 amide bonds. The molecule has 1 saturated carbocycles. The molecule has 82 valence electrons. The first-order valence-electron chi connectivity index (χ1n) is 5.70. The highest BCUT2D eigenvalue weighted by Crippen LogP contribution is 2.48. The summed E-state index contributed by atoms with van der Waals surface area (Å²) in [5, 5.41) is 9.21. The molecule has 0 saturated heterocycles. The lowest BCUT2D eigenvalue weighted by molar-refractivity contribution is -0.149. The lowest BCUT2D eigenvalue weighted by atomic mass is 9.79. The molecule has 1 N–H and O–H groups in total. The Bertz CT molecular complexity index is 206. The Morgan fingerprint density at radius 2 is 2.07 bits per heavy atom. The van der Waals surface area contributed by atoms with Gasteiger partial charge in [0.25, 0.3) is 0 Å². The zero-order valence-corrected chi connectivity index (χ0v) is 9.55. The van der Waals surface area contributed by atoms with Crippen LogP contribution in [0, 0.1) is 17.3 Å². The van der Waals surface area contributed by atoms with E-state index in [0.29, 0.717) is 11.8 Å². The molecule has 14 heavy (non-hydrogen) atoms. The molecule has 1 aliphatic carbocycles. The maximum absolute atomic E-state index is 11.2. The molecule has 1 atom stereocenters. The first kappa shape index (κ1) is 11.5. The van der Waals surface area contributed by atoms with E-state index in [9.17, 15) is 9.90 Å². The molecule has 2 nitrogen and oxygen atoms in total. The van der Waals surface area contributed by atoms with Crippen molar-refractivity contribution in [3.63, 3.8) is 0 Å². The van der Waals surface area contributed by atoms with E-state index < -0.39 is 11.4 Å². The number of carboxylic acid groups (broad SMARTS) is 1. The van der Waals surface area contributed by atoms with Gasteiger partial charge in [0.2, 0.25) is 0 Å². The van der Waals surface area contributed by atoms with E-state index in [0.717, 1.165) is 32.1 Å². The molecule has 0 aromatic carbocycles. The van der Waals surface area contributed by atoms with Crippen LogP contribution >= 0.6 is 0 Å². The first-order valence-corrected chi connectivity index (χ1v) is 5.70. The molecule has 0 bridgehead atoms. The molecular formula is C12H22O2. The predicted molar refractivity (Wildman–Crippen MR) is 57.2 cm³/mol. The fourth-order valence-electron chi connectivity index (χ4n) is 2.08. The summed E-state index contributed by atoms with van der Waals surface area (Å²) in [6, 6.07) is 0. The maximum Gasteiger partial charge on any atom is 0.309 e. The average Bonchev–Trinajstić information content (AvgIpc) is 2.84. The molecule has 1 rings (SSSR count). The summed E-state index contributed by atoms with van der Waals surface area (Å²) in [4.78, 5) is 11.2. The zero-order chi connectivity index (χ0) is 10.8. The fourth-order valence-corrected chi connectivity index (χ4v) is 2.08. The number of rotatable bonds is 6. The standard InChI is InChI=1S/C12H22O2/c1-9(2)5-4-8-12(3,11(13)14)10-6-7-10/h9-10H,4-8H2,1-3H3,(H,13,14). The van der Waals surface area contributed by atoms with Gasteiger partial charge < -0.3 is 5.11 Å². The van der Waals surface area contributed by atoms with E-state index in [-0.39, 0.29) is 0 Å². The van der Waals surface area contributed by atoms with Gasteiger partial charge in [0.1, 0.15) is 0 Å². The van der Waals surface area contributed by atoms with E-state index >= 15 is 0 Å². The van der Waals surface area contributed by atoms with Crippen molar-refractivity contribution in [2.24, 2.45) is 17.3 Å². The second-order valence-corrected chi connectivity index (χ2v) is 5.28. The zero-order valence-electron chi connectivity index (χ0n) is 9.55. The summed E-state index contributed by atoms with van der Waals surface area (Å²) >= 11 is 0. The van der Waals surface area contributed by atoms with Gasteiger partial charge in [-0.25, -0.2) is 0 Å². The molecule has 0 aromatic rings. The Labute approximate surface area is 86.7 Å². The van der Waals surface area contributed by atoms with Crippen LogP contribution < -0.4 is 0 Å². The van der Waals surface area contributed by atoms with Crippen molar-refractivity contribution in [3.8, 4) is 0 Å². The van der Waals surface area contributed by atoms with Crippen molar-refractivity contribution in [2.75, 3.05) is 0 Å². The largest absolute Gasteiger partial charge is 0.481 e. The minimum absolute atomic E-state index is 0.436.